The lowest BCUT2D eigenvalue weighted by Gasteiger charge is -2.47. The zero-order valence-electron chi connectivity index (χ0n) is 22.5. The third-order valence-corrected chi connectivity index (χ3v) is 8.10. The molecule has 2 atom stereocenters. The van der Waals surface area contributed by atoms with Gasteiger partial charge in [-0.15, -0.1) is 0 Å². The Labute approximate surface area is 213 Å². The quantitative estimate of drug-likeness (QED) is 0.430. The Morgan fingerprint density at radius 1 is 1.00 bits per heavy atom. The predicted molar refractivity (Wildman–Crippen MR) is 140 cm³/mol. The topological polar surface area (TPSA) is 81.8 Å². The van der Waals surface area contributed by atoms with Crippen molar-refractivity contribution in [1.29, 1.82) is 0 Å². The Morgan fingerprint density at radius 2 is 1.66 bits per heavy atom. The molecule has 1 heterocycles. The van der Waals surface area contributed by atoms with Gasteiger partial charge in [0.25, 0.3) is 0 Å². The first kappa shape index (κ1) is 27.8. The molecule has 0 aromatic heterocycles. The molecule has 3 rings (SSSR count). The summed E-state index contributed by atoms with van der Waals surface area (Å²) in [4.78, 5) is 44.1. The molecule has 1 aliphatic heterocycles. The first-order valence-electron chi connectivity index (χ1n) is 14.5. The maximum absolute atomic E-state index is 13.8. The fourth-order valence-electron chi connectivity index (χ4n) is 6.18. The molecule has 1 saturated heterocycles. The standard InChI is InChI=1S/C28H50N4O3/c1-4-5-16-29-26(33)18-24-20-31(19-22-12-8-6-9-13-22)27(34)25(17-21(2)3)32(24)28(35)30-23-14-10-7-11-15-23/h21-25H,4-20H2,1-3H3,(H,29,33)(H,30,35)/t24-,25+/m1/s1. The van der Waals surface area contributed by atoms with Gasteiger partial charge in [-0.25, -0.2) is 4.79 Å². The molecule has 0 aromatic rings. The molecule has 3 fully saturated rings. The van der Waals surface area contributed by atoms with E-state index in [2.05, 4.69) is 31.4 Å². The van der Waals surface area contributed by atoms with Crippen LogP contribution in [0, 0.1) is 11.8 Å². The molecule has 0 spiro atoms. The van der Waals surface area contributed by atoms with Crippen LogP contribution in [0.4, 0.5) is 4.79 Å². The van der Waals surface area contributed by atoms with E-state index >= 15 is 0 Å². The first-order chi connectivity index (χ1) is 16.9. The summed E-state index contributed by atoms with van der Waals surface area (Å²) in [6.45, 7) is 8.21. The van der Waals surface area contributed by atoms with E-state index < -0.39 is 6.04 Å². The van der Waals surface area contributed by atoms with Gasteiger partial charge in [-0.1, -0.05) is 65.7 Å². The zero-order chi connectivity index (χ0) is 25.2. The van der Waals surface area contributed by atoms with Gasteiger partial charge < -0.3 is 20.4 Å². The molecule has 7 nitrogen and oxygen atoms in total. The van der Waals surface area contributed by atoms with Crippen LogP contribution in [0.3, 0.4) is 0 Å². The lowest BCUT2D eigenvalue weighted by atomic mass is 9.87. The molecule has 3 aliphatic rings. The number of nitrogens with one attached hydrogen (secondary N) is 2. The highest BCUT2D eigenvalue weighted by atomic mass is 16.2. The number of hydrogen-bond acceptors (Lipinski definition) is 3. The predicted octanol–water partition coefficient (Wildman–Crippen LogP) is 4.84. The Morgan fingerprint density at radius 3 is 2.29 bits per heavy atom. The summed E-state index contributed by atoms with van der Waals surface area (Å²) >= 11 is 0. The highest BCUT2D eigenvalue weighted by Gasteiger charge is 2.44. The molecule has 2 saturated carbocycles. The number of piperazine rings is 1. The number of nitrogens with zero attached hydrogens (tertiary/aromatic N) is 2. The molecule has 0 unspecified atom stereocenters. The van der Waals surface area contributed by atoms with Crippen molar-refractivity contribution in [3.8, 4) is 0 Å². The van der Waals surface area contributed by atoms with Gasteiger partial charge in [-0.3, -0.25) is 9.59 Å². The van der Waals surface area contributed by atoms with Crippen LogP contribution in [0.15, 0.2) is 0 Å². The molecule has 0 bridgehead atoms. The highest BCUT2D eigenvalue weighted by molar-refractivity contribution is 5.89. The number of rotatable bonds is 10. The van der Waals surface area contributed by atoms with Crippen molar-refractivity contribution in [2.75, 3.05) is 19.6 Å². The van der Waals surface area contributed by atoms with Gasteiger partial charge in [0.15, 0.2) is 0 Å². The van der Waals surface area contributed by atoms with Crippen LogP contribution in [-0.4, -0.2) is 65.4 Å². The van der Waals surface area contributed by atoms with Gasteiger partial charge in [0.2, 0.25) is 11.8 Å². The minimum Gasteiger partial charge on any atom is -0.356 e. The van der Waals surface area contributed by atoms with Gasteiger partial charge >= 0.3 is 6.03 Å². The Bertz CT molecular complexity index is 686. The molecule has 2 aliphatic carbocycles. The van der Waals surface area contributed by atoms with Crippen molar-refractivity contribution < 1.29 is 14.4 Å². The van der Waals surface area contributed by atoms with Crippen molar-refractivity contribution >= 4 is 17.8 Å². The van der Waals surface area contributed by atoms with Crippen LogP contribution in [0.2, 0.25) is 0 Å². The fourth-order valence-corrected chi connectivity index (χ4v) is 6.18. The zero-order valence-corrected chi connectivity index (χ0v) is 22.5. The summed E-state index contributed by atoms with van der Waals surface area (Å²) in [7, 11) is 0. The van der Waals surface area contributed by atoms with Gasteiger partial charge in [0.1, 0.15) is 6.04 Å². The molecule has 35 heavy (non-hydrogen) atoms. The summed E-state index contributed by atoms with van der Waals surface area (Å²) < 4.78 is 0. The average molecular weight is 491 g/mol. The van der Waals surface area contributed by atoms with Crippen LogP contribution >= 0.6 is 0 Å². The van der Waals surface area contributed by atoms with E-state index in [1.165, 1.54) is 38.5 Å². The number of carbonyl (C=O) groups excluding carboxylic acids is 3. The monoisotopic (exact) mass is 490 g/mol. The number of carbonyl (C=O) groups is 3. The first-order valence-corrected chi connectivity index (χ1v) is 14.5. The second kappa shape index (κ2) is 14.1. The van der Waals surface area contributed by atoms with Crippen LogP contribution in [0.5, 0.6) is 0 Å². The van der Waals surface area contributed by atoms with Crippen molar-refractivity contribution in [3.63, 3.8) is 0 Å². The van der Waals surface area contributed by atoms with Crippen LogP contribution in [-0.2, 0) is 9.59 Å². The second-order valence-corrected chi connectivity index (χ2v) is 11.6. The summed E-state index contributed by atoms with van der Waals surface area (Å²) in [6.07, 6.45) is 14.5. The number of hydrogen-bond donors (Lipinski definition) is 2. The van der Waals surface area contributed by atoms with Crippen molar-refractivity contribution in [2.24, 2.45) is 11.8 Å². The molecule has 2 N–H and O–H groups in total. The average Bonchev–Trinajstić information content (AvgIpc) is 2.83. The van der Waals surface area contributed by atoms with E-state index in [4.69, 9.17) is 0 Å². The fraction of sp³-hybridized carbons (Fsp3) is 0.893. The lowest BCUT2D eigenvalue weighted by molar-refractivity contribution is -0.146. The van der Waals surface area contributed by atoms with E-state index in [0.29, 0.717) is 25.4 Å². The van der Waals surface area contributed by atoms with Gasteiger partial charge in [-0.2, -0.15) is 0 Å². The third kappa shape index (κ3) is 8.38. The minimum atomic E-state index is -0.496. The Kier molecular flexibility index (Phi) is 11.2. The van der Waals surface area contributed by atoms with Crippen LogP contribution in [0.1, 0.15) is 111 Å². The normalized spacial score (nSPS) is 24.6. The summed E-state index contributed by atoms with van der Waals surface area (Å²) in [6, 6.07) is -0.764. The summed E-state index contributed by atoms with van der Waals surface area (Å²) in [5.74, 6) is 0.872. The van der Waals surface area contributed by atoms with E-state index in [9.17, 15) is 14.4 Å². The Hall–Kier alpha value is -1.79. The molecule has 200 valence electrons. The Balaban J connectivity index is 1.79. The van der Waals surface area contributed by atoms with E-state index in [1.54, 1.807) is 4.90 Å². The van der Waals surface area contributed by atoms with Gasteiger partial charge in [0.05, 0.1) is 6.04 Å². The maximum atomic E-state index is 13.8. The summed E-state index contributed by atoms with van der Waals surface area (Å²) in [5.41, 5.74) is 0. The number of unbranched alkanes of at least 4 members (excludes halogenated alkanes) is 1. The van der Waals surface area contributed by atoms with E-state index in [1.807, 2.05) is 4.90 Å². The van der Waals surface area contributed by atoms with Crippen molar-refractivity contribution in [2.45, 2.75) is 129 Å². The molecular formula is C28H50N4O3. The van der Waals surface area contributed by atoms with E-state index in [0.717, 1.165) is 45.1 Å². The minimum absolute atomic E-state index is 0.0193. The van der Waals surface area contributed by atoms with Crippen LogP contribution in [0.25, 0.3) is 0 Å². The summed E-state index contributed by atoms with van der Waals surface area (Å²) in [5, 5.41) is 6.28. The number of amides is 4. The van der Waals surface area contributed by atoms with Crippen molar-refractivity contribution in [1.82, 2.24) is 20.4 Å². The van der Waals surface area contributed by atoms with E-state index in [-0.39, 0.29) is 42.3 Å². The highest BCUT2D eigenvalue weighted by Crippen LogP contribution is 2.30. The number of urea groups is 1. The van der Waals surface area contributed by atoms with Gasteiger partial charge in [-0.05, 0) is 50.4 Å². The molecule has 4 amide bonds. The second-order valence-electron chi connectivity index (χ2n) is 11.6. The third-order valence-electron chi connectivity index (χ3n) is 8.10. The molecule has 7 heteroatoms. The molecule has 0 radical (unpaired) electrons. The maximum Gasteiger partial charge on any atom is 0.318 e. The van der Waals surface area contributed by atoms with Crippen LogP contribution < -0.4 is 10.6 Å². The smallest absolute Gasteiger partial charge is 0.318 e. The SMILES string of the molecule is CCCCNC(=O)C[C@@H]1CN(CC2CCCCC2)C(=O)[C@H](CC(C)C)N1C(=O)NC1CCCCC1. The molecular weight excluding hydrogens is 440 g/mol. The molecule has 0 aromatic carbocycles. The van der Waals surface area contributed by atoms with Crippen molar-refractivity contribution in [3.05, 3.63) is 0 Å². The van der Waals surface area contributed by atoms with Gasteiger partial charge in [0, 0.05) is 32.1 Å². The lowest BCUT2D eigenvalue weighted by Crippen LogP contribution is -2.67. The largest absolute Gasteiger partial charge is 0.356 e.